The van der Waals surface area contributed by atoms with Crippen LogP contribution < -0.4 is 0 Å². The van der Waals surface area contributed by atoms with Crippen molar-refractivity contribution in [2.24, 2.45) is 5.92 Å². The van der Waals surface area contributed by atoms with E-state index in [0.29, 0.717) is 0 Å². The Morgan fingerprint density at radius 3 is 2.79 bits per heavy atom. The molecular formula is C12H18O2. The summed E-state index contributed by atoms with van der Waals surface area (Å²) in [5.74, 6) is 0.00681. The van der Waals surface area contributed by atoms with E-state index in [1.165, 1.54) is 12.8 Å². The number of rotatable bonds is 5. The van der Waals surface area contributed by atoms with Crippen LogP contribution in [-0.4, -0.2) is 10.9 Å². The fourth-order valence-corrected chi connectivity index (χ4v) is 1.68. The molecule has 0 bridgehead atoms. The van der Waals surface area contributed by atoms with Crippen LogP contribution in [0.25, 0.3) is 0 Å². The lowest BCUT2D eigenvalue weighted by molar-refractivity contribution is -0.118. The van der Waals surface area contributed by atoms with Crippen molar-refractivity contribution < 1.29 is 9.90 Å². The van der Waals surface area contributed by atoms with Crippen molar-refractivity contribution in [2.45, 2.75) is 39.0 Å². The molecule has 0 aromatic rings. The van der Waals surface area contributed by atoms with Crippen LogP contribution in [0.15, 0.2) is 24.0 Å². The van der Waals surface area contributed by atoms with Crippen LogP contribution in [0.1, 0.15) is 39.0 Å². The largest absolute Gasteiger partial charge is 0.512 e. The monoisotopic (exact) mass is 194 g/mol. The molecule has 0 amide bonds. The van der Waals surface area contributed by atoms with Gasteiger partial charge in [-0.05, 0) is 18.6 Å². The van der Waals surface area contributed by atoms with E-state index in [1.807, 2.05) is 0 Å². The molecule has 0 aromatic carbocycles. The lowest BCUT2D eigenvalue weighted by Crippen LogP contribution is -2.17. The van der Waals surface area contributed by atoms with E-state index in [9.17, 15) is 9.90 Å². The van der Waals surface area contributed by atoms with Gasteiger partial charge in [-0.1, -0.05) is 38.7 Å². The molecule has 0 saturated carbocycles. The van der Waals surface area contributed by atoms with E-state index in [2.05, 4.69) is 6.92 Å². The first-order valence-electron chi connectivity index (χ1n) is 5.36. The zero-order chi connectivity index (χ0) is 10.4. The number of allylic oxidation sites excluding steroid dienone is 4. The zero-order valence-electron chi connectivity index (χ0n) is 8.70. The van der Waals surface area contributed by atoms with Gasteiger partial charge in [0.1, 0.15) is 5.76 Å². The van der Waals surface area contributed by atoms with Gasteiger partial charge in [-0.3, -0.25) is 4.79 Å². The van der Waals surface area contributed by atoms with Gasteiger partial charge in [-0.2, -0.15) is 0 Å². The Morgan fingerprint density at radius 2 is 2.14 bits per heavy atom. The Kier molecular flexibility index (Phi) is 4.44. The quantitative estimate of drug-likeness (QED) is 0.682. The lowest BCUT2D eigenvalue weighted by atomic mass is 9.91. The highest BCUT2D eigenvalue weighted by molar-refractivity contribution is 5.94. The molecule has 0 spiro atoms. The maximum atomic E-state index is 11.4. The molecule has 0 aromatic heterocycles. The van der Waals surface area contributed by atoms with Gasteiger partial charge in [0, 0.05) is 0 Å². The van der Waals surface area contributed by atoms with Crippen molar-refractivity contribution in [3.05, 3.63) is 24.0 Å². The Labute approximate surface area is 85.3 Å². The molecule has 1 unspecified atom stereocenters. The zero-order valence-corrected chi connectivity index (χ0v) is 8.70. The van der Waals surface area contributed by atoms with Crippen LogP contribution in [0.4, 0.5) is 0 Å². The van der Waals surface area contributed by atoms with Gasteiger partial charge in [-0.25, -0.2) is 0 Å². The van der Waals surface area contributed by atoms with E-state index in [4.69, 9.17) is 0 Å². The van der Waals surface area contributed by atoms with Gasteiger partial charge in [0.15, 0.2) is 5.78 Å². The molecule has 0 radical (unpaired) electrons. The highest BCUT2D eigenvalue weighted by Gasteiger charge is 2.21. The van der Waals surface area contributed by atoms with Crippen molar-refractivity contribution in [3.63, 3.8) is 0 Å². The number of carbonyl (C=O) groups excluding carboxylic acids is 1. The van der Waals surface area contributed by atoms with E-state index in [1.54, 1.807) is 18.2 Å². The second kappa shape index (κ2) is 5.63. The molecule has 2 heteroatoms. The fourth-order valence-electron chi connectivity index (χ4n) is 1.68. The number of hydrogen-bond acceptors (Lipinski definition) is 2. The van der Waals surface area contributed by atoms with Crippen molar-refractivity contribution >= 4 is 5.78 Å². The molecular weight excluding hydrogens is 176 g/mol. The number of ketones is 1. The summed E-state index contributed by atoms with van der Waals surface area (Å²) in [6.45, 7) is 2.16. The van der Waals surface area contributed by atoms with Crippen molar-refractivity contribution in [2.75, 3.05) is 0 Å². The Hall–Kier alpha value is -1.05. The van der Waals surface area contributed by atoms with Crippen LogP contribution in [0.3, 0.4) is 0 Å². The average Bonchev–Trinajstić information content (AvgIpc) is 2.16. The molecule has 1 aliphatic carbocycles. The molecule has 1 rings (SSSR count). The number of unbranched alkanes of at least 4 members (excludes halogenated alkanes) is 3. The molecule has 0 saturated heterocycles. The highest BCUT2D eigenvalue weighted by atomic mass is 16.3. The highest BCUT2D eigenvalue weighted by Crippen LogP contribution is 2.21. The summed E-state index contributed by atoms with van der Waals surface area (Å²) in [7, 11) is 0. The molecule has 0 aliphatic heterocycles. The van der Waals surface area contributed by atoms with E-state index >= 15 is 0 Å². The predicted octanol–water partition coefficient (Wildman–Crippen LogP) is 3.15. The molecule has 14 heavy (non-hydrogen) atoms. The Morgan fingerprint density at radius 1 is 1.36 bits per heavy atom. The van der Waals surface area contributed by atoms with Crippen LogP contribution in [0.5, 0.6) is 0 Å². The van der Waals surface area contributed by atoms with Crippen LogP contribution in [0, 0.1) is 5.92 Å². The van der Waals surface area contributed by atoms with Gasteiger partial charge in [0.25, 0.3) is 0 Å². The van der Waals surface area contributed by atoms with Gasteiger partial charge < -0.3 is 5.11 Å². The second-order valence-electron chi connectivity index (χ2n) is 3.75. The van der Waals surface area contributed by atoms with Gasteiger partial charge in [0.2, 0.25) is 0 Å². The smallest absolute Gasteiger partial charge is 0.166 e. The topological polar surface area (TPSA) is 37.3 Å². The maximum absolute atomic E-state index is 11.4. The van der Waals surface area contributed by atoms with Crippen LogP contribution >= 0.6 is 0 Å². The summed E-state index contributed by atoms with van der Waals surface area (Å²) in [4.78, 5) is 11.4. The standard InChI is InChI=1S/C12H18O2/c1-2-3-4-5-7-10-11(13)8-6-9-12(10)14/h6,8-10,13H,2-5,7H2,1H3. The lowest BCUT2D eigenvalue weighted by Gasteiger charge is -2.15. The summed E-state index contributed by atoms with van der Waals surface area (Å²) in [6, 6.07) is 0. The number of aliphatic hydroxyl groups is 1. The molecule has 0 heterocycles. The molecule has 78 valence electrons. The van der Waals surface area contributed by atoms with Gasteiger partial charge >= 0.3 is 0 Å². The number of carbonyl (C=O) groups is 1. The van der Waals surface area contributed by atoms with E-state index < -0.39 is 0 Å². The summed E-state index contributed by atoms with van der Waals surface area (Å²) in [5, 5.41) is 9.48. The first-order valence-corrected chi connectivity index (χ1v) is 5.36. The third-order valence-corrected chi connectivity index (χ3v) is 2.57. The van der Waals surface area contributed by atoms with Crippen LogP contribution in [0.2, 0.25) is 0 Å². The molecule has 2 nitrogen and oxygen atoms in total. The first kappa shape index (κ1) is 11.0. The molecule has 0 fully saturated rings. The normalized spacial score (nSPS) is 21.1. The average molecular weight is 194 g/mol. The summed E-state index contributed by atoms with van der Waals surface area (Å²) in [6.07, 6.45) is 10.1. The minimum Gasteiger partial charge on any atom is -0.512 e. The Bertz CT molecular complexity index is 251. The van der Waals surface area contributed by atoms with Gasteiger partial charge in [0.05, 0.1) is 5.92 Å². The molecule has 1 atom stereocenters. The van der Waals surface area contributed by atoms with Crippen molar-refractivity contribution in [3.8, 4) is 0 Å². The molecule has 1 N–H and O–H groups in total. The molecule has 1 aliphatic rings. The number of aliphatic hydroxyl groups excluding tert-OH is 1. The minimum absolute atomic E-state index is 0.0431. The van der Waals surface area contributed by atoms with Crippen LogP contribution in [-0.2, 0) is 4.79 Å². The van der Waals surface area contributed by atoms with Crippen molar-refractivity contribution in [1.82, 2.24) is 0 Å². The second-order valence-corrected chi connectivity index (χ2v) is 3.75. The Balaban J connectivity index is 2.33. The minimum atomic E-state index is -0.267. The fraction of sp³-hybridized carbons (Fsp3) is 0.583. The first-order chi connectivity index (χ1) is 6.75. The van der Waals surface area contributed by atoms with E-state index in [-0.39, 0.29) is 17.5 Å². The summed E-state index contributed by atoms with van der Waals surface area (Å²) < 4.78 is 0. The third kappa shape index (κ3) is 3.02. The van der Waals surface area contributed by atoms with Gasteiger partial charge in [-0.15, -0.1) is 0 Å². The summed E-state index contributed by atoms with van der Waals surface area (Å²) in [5.41, 5.74) is 0. The van der Waals surface area contributed by atoms with E-state index in [0.717, 1.165) is 19.3 Å². The predicted molar refractivity (Wildman–Crippen MR) is 57.1 cm³/mol. The summed E-state index contributed by atoms with van der Waals surface area (Å²) >= 11 is 0. The third-order valence-electron chi connectivity index (χ3n) is 2.57. The SMILES string of the molecule is CCCCCCC1C(=O)C=CC=C1O. The van der Waals surface area contributed by atoms with Crippen molar-refractivity contribution in [1.29, 1.82) is 0 Å². The number of hydrogen-bond donors (Lipinski definition) is 1. The maximum Gasteiger partial charge on any atom is 0.166 e.